The highest BCUT2D eigenvalue weighted by Crippen LogP contribution is 1.98. The number of nitrogens with one attached hydrogen (secondary N) is 2. The molecule has 1 atom stereocenters. The summed E-state index contributed by atoms with van der Waals surface area (Å²) in [5, 5.41) is 5.33. The molecule has 0 aromatic carbocycles. The Morgan fingerprint density at radius 1 is 1.37 bits per heavy atom. The lowest BCUT2D eigenvalue weighted by molar-refractivity contribution is -0.120. The molecule has 1 rings (SSSR count). The molecule has 0 aliphatic heterocycles. The molecule has 1 heterocycles. The summed E-state index contributed by atoms with van der Waals surface area (Å²) in [5.74, 6) is -0.175. The Kier molecular flexibility index (Phi) is 8.65. The molecule has 0 spiro atoms. The second-order valence-corrected chi connectivity index (χ2v) is 4.10. The van der Waals surface area contributed by atoms with Crippen LogP contribution in [0.2, 0.25) is 0 Å². The summed E-state index contributed by atoms with van der Waals surface area (Å²) in [5.41, 5.74) is 5.55. The summed E-state index contributed by atoms with van der Waals surface area (Å²) in [7, 11) is 0. The lowest BCUT2D eigenvalue weighted by atomic mass is 10.2. The van der Waals surface area contributed by atoms with Gasteiger partial charge in [0, 0.05) is 25.6 Å². The minimum atomic E-state index is -0.316. The molecule has 0 saturated carbocycles. The van der Waals surface area contributed by atoms with Crippen LogP contribution in [0.5, 0.6) is 0 Å². The molecular weight excluding hydrogens is 270 g/mol. The molecule has 1 unspecified atom stereocenters. The summed E-state index contributed by atoms with van der Waals surface area (Å²) in [4.78, 5) is 22.8. The Morgan fingerprint density at radius 3 is 2.68 bits per heavy atom. The molecule has 4 N–H and O–H groups in total. The fraction of sp³-hybridized carbons (Fsp3) is 0.500. The van der Waals surface area contributed by atoms with Crippen LogP contribution in [0.15, 0.2) is 22.8 Å². The van der Waals surface area contributed by atoms with Gasteiger partial charge in [0.15, 0.2) is 5.76 Å². The monoisotopic (exact) mass is 289 g/mol. The van der Waals surface area contributed by atoms with Crippen molar-refractivity contribution in [3.05, 3.63) is 24.2 Å². The van der Waals surface area contributed by atoms with E-state index in [1.54, 1.807) is 12.1 Å². The molecular formula is C12H20ClN3O3. The molecule has 0 radical (unpaired) electrons. The third-order valence-electron chi connectivity index (χ3n) is 2.30. The van der Waals surface area contributed by atoms with Gasteiger partial charge < -0.3 is 20.8 Å². The van der Waals surface area contributed by atoms with E-state index in [0.717, 1.165) is 6.42 Å². The van der Waals surface area contributed by atoms with Crippen LogP contribution < -0.4 is 16.4 Å². The van der Waals surface area contributed by atoms with E-state index in [1.807, 2.05) is 6.92 Å². The maximum Gasteiger partial charge on any atom is 0.286 e. The Balaban J connectivity index is 0.00000324. The van der Waals surface area contributed by atoms with Crippen molar-refractivity contribution in [1.82, 2.24) is 10.6 Å². The quantitative estimate of drug-likeness (QED) is 0.687. The highest BCUT2D eigenvalue weighted by atomic mass is 35.5. The molecule has 7 heteroatoms. The van der Waals surface area contributed by atoms with Gasteiger partial charge in [-0.05, 0) is 25.5 Å². The number of nitrogens with two attached hydrogens (primary N) is 1. The second-order valence-electron chi connectivity index (χ2n) is 4.10. The first-order chi connectivity index (χ1) is 8.59. The molecule has 0 aliphatic carbocycles. The Labute approximate surface area is 118 Å². The number of furan rings is 1. The molecule has 1 aromatic rings. The number of carbonyl (C=O) groups excluding carboxylic acids is 2. The van der Waals surface area contributed by atoms with Crippen molar-refractivity contribution >= 4 is 24.2 Å². The number of carbonyl (C=O) groups is 2. The first-order valence-electron chi connectivity index (χ1n) is 5.93. The molecule has 0 aliphatic rings. The summed E-state index contributed by atoms with van der Waals surface area (Å²) < 4.78 is 4.92. The van der Waals surface area contributed by atoms with Gasteiger partial charge in [-0.15, -0.1) is 12.4 Å². The summed E-state index contributed by atoms with van der Waals surface area (Å²) in [6.07, 6.45) is 2.41. The molecule has 0 saturated heterocycles. The molecule has 19 heavy (non-hydrogen) atoms. The molecule has 108 valence electrons. The zero-order valence-corrected chi connectivity index (χ0v) is 11.7. The predicted molar refractivity (Wildman–Crippen MR) is 74.2 cm³/mol. The second kappa shape index (κ2) is 9.41. The maximum atomic E-state index is 11.4. The van der Waals surface area contributed by atoms with E-state index in [0.29, 0.717) is 6.54 Å². The van der Waals surface area contributed by atoms with Crippen LogP contribution in [0.25, 0.3) is 0 Å². The lowest BCUT2D eigenvalue weighted by Crippen LogP contribution is -2.32. The van der Waals surface area contributed by atoms with Crippen LogP contribution in [0.3, 0.4) is 0 Å². The van der Waals surface area contributed by atoms with Crippen molar-refractivity contribution in [2.24, 2.45) is 5.73 Å². The fourth-order valence-electron chi connectivity index (χ4n) is 1.31. The van der Waals surface area contributed by atoms with E-state index >= 15 is 0 Å². The van der Waals surface area contributed by atoms with Crippen LogP contribution in [0.4, 0.5) is 0 Å². The predicted octanol–water partition coefficient (Wildman–Crippen LogP) is 0.675. The zero-order valence-electron chi connectivity index (χ0n) is 10.8. The van der Waals surface area contributed by atoms with E-state index in [2.05, 4.69) is 10.6 Å². The normalized spacial score (nSPS) is 11.3. The third-order valence-corrected chi connectivity index (χ3v) is 2.30. The van der Waals surface area contributed by atoms with Gasteiger partial charge in [-0.1, -0.05) is 0 Å². The molecule has 0 bridgehead atoms. The van der Waals surface area contributed by atoms with E-state index in [9.17, 15) is 9.59 Å². The smallest absolute Gasteiger partial charge is 0.286 e. The number of hydrogen-bond donors (Lipinski definition) is 3. The highest BCUT2D eigenvalue weighted by molar-refractivity contribution is 5.91. The van der Waals surface area contributed by atoms with Crippen molar-refractivity contribution < 1.29 is 14.0 Å². The topological polar surface area (TPSA) is 97.4 Å². The minimum Gasteiger partial charge on any atom is -0.459 e. The summed E-state index contributed by atoms with van der Waals surface area (Å²) in [6.45, 7) is 2.72. The average Bonchev–Trinajstić information content (AvgIpc) is 2.81. The van der Waals surface area contributed by atoms with E-state index < -0.39 is 0 Å². The SMILES string of the molecule is CC(N)CCNC(=O)CCNC(=O)c1ccco1.Cl. The van der Waals surface area contributed by atoms with Gasteiger partial charge in [-0.25, -0.2) is 0 Å². The number of rotatable bonds is 7. The van der Waals surface area contributed by atoms with Crippen molar-refractivity contribution in [2.75, 3.05) is 13.1 Å². The van der Waals surface area contributed by atoms with Crippen LogP contribution >= 0.6 is 12.4 Å². The lowest BCUT2D eigenvalue weighted by Gasteiger charge is -2.07. The number of hydrogen-bond acceptors (Lipinski definition) is 4. The van der Waals surface area contributed by atoms with Crippen LogP contribution in [0, 0.1) is 0 Å². The Morgan fingerprint density at radius 2 is 2.11 bits per heavy atom. The van der Waals surface area contributed by atoms with Gasteiger partial charge in [0.05, 0.1) is 6.26 Å². The van der Waals surface area contributed by atoms with Crippen LogP contribution in [-0.2, 0) is 4.79 Å². The van der Waals surface area contributed by atoms with Crippen LogP contribution in [-0.4, -0.2) is 30.9 Å². The Hall–Kier alpha value is -1.53. The molecule has 2 amide bonds. The van der Waals surface area contributed by atoms with Gasteiger partial charge in [-0.2, -0.15) is 0 Å². The summed E-state index contributed by atoms with van der Waals surface area (Å²) >= 11 is 0. The average molecular weight is 290 g/mol. The number of halogens is 1. The third kappa shape index (κ3) is 7.48. The van der Waals surface area contributed by atoms with Gasteiger partial charge in [-0.3, -0.25) is 9.59 Å². The molecule has 1 aromatic heterocycles. The van der Waals surface area contributed by atoms with Gasteiger partial charge in [0.2, 0.25) is 5.91 Å². The van der Waals surface area contributed by atoms with Crippen molar-refractivity contribution in [2.45, 2.75) is 25.8 Å². The maximum absolute atomic E-state index is 11.4. The van der Waals surface area contributed by atoms with Crippen molar-refractivity contribution in [3.8, 4) is 0 Å². The van der Waals surface area contributed by atoms with Crippen molar-refractivity contribution in [1.29, 1.82) is 0 Å². The highest BCUT2D eigenvalue weighted by Gasteiger charge is 2.08. The molecule has 0 fully saturated rings. The van der Waals surface area contributed by atoms with Crippen molar-refractivity contribution in [3.63, 3.8) is 0 Å². The largest absolute Gasteiger partial charge is 0.459 e. The zero-order chi connectivity index (χ0) is 13.4. The van der Waals surface area contributed by atoms with Gasteiger partial charge in [0.1, 0.15) is 0 Å². The van der Waals surface area contributed by atoms with E-state index in [4.69, 9.17) is 10.2 Å². The number of amides is 2. The first-order valence-corrected chi connectivity index (χ1v) is 5.93. The van der Waals surface area contributed by atoms with Gasteiger partial charge in [0.25, 0.3) is 5.91 Å². The Bertz CT molecular complexity index is 380. The van der Waals surface area contributed by atoms with Gasteiger partial charge >= 0.3 is 0 Å². The van der Waals surface area contributed by atoms with E-state index in [1.165, 1.54) is 6.26 Å². The first kappa shape index (κ1) is 17.5. The standard InChI is InChI=1S/C12H19N3O3.ClH/c1-9(13)4-6-14-11(16)5-7-15-12(17)10-3-2-8-18-10;/h2-3,8-9H,4-7,13H2,1H3,(H,14,16)(H,15,17);1H. The molecule has 6 nitrogen and oxygen atoms in total. The minimum absolute atomic E-state index is 0. The summed E-state index contributed by atoms with van der Waals surface area (Å²) in [6, 6.07) is 3.28. The van der Waals surface area contributed by atoms with Crippen LogP contribution in [0.1, 0.15) is 30.3 Å². The fourth-order valence-corrected chi connectivity index (χ4v) is 1.31. The van der Waals surface area contributed by atoms with E-state index in [-0.39, 0.29) is 49.0 Å².